The quantitative estimate of drug-likeness (QED) is 0.541. The molecule has 1 atom stereocenters. The van der Waals surface area contributed by atoms with Crippen LogP contribution in [0.1, 0.15) is 39.5 Å². The van der Waals surface area contributed by atoms with Crippen molar-refractivity contribution in [3.8, 4) is 0 Å². The summed E-state index contributed by atoms with van der Waals surface area (Å²) in [5.41, 5.74) is 1.34. The van der Waals surface area contributed by atoms with Crippen LogP contribution in [0, 0.1) is 0 Å². The van der Waals surface area contributed by atoms with Crippen LogP contribution in [0.3, 0.4) is 0 Å². The minimum absolute atomic E-state index is 0.0495. The summed E-state index contributed by atoms with van der Waals surface area (Å²) in [5.74, 6) is 0.0184. The standard InChI is InChI=1S/C20H23N5O3S2/c1-3-17(27)25(13-8-9-13)19-22-23-20(30-19)29-11-18(28)24-12(2)10-16(26)21-14-6-4-5-7-15(14)24/h4-7,12-13H,3,8-11H2,1-2H3,(H,21,26). The van der Waals surface area contributed by atoms with Crippen molar-refractivity contribution in [3.63, 3.8) is 0 Å². The van der Waals surface area contributed by atoms with Gasteiger partial charge in [-0.25, -0.2) is 0 Å². The van der Waals surface area contributed by atoms with E-state index in [9.17, 15) is 14.4 Å². The fourth-order valence-corrected chi connectivity index (χ4v) is 5.28. The normalized spacial score (nSPS) is 18.4. The van der Waals surface area contributed by atoms with E-state index in [1.807, 2.05) is 32.0 Å². The largest absolute Gasteiger partial charge is 0.324 e. The van der Waals surface area contributed by atoms with Gasteiger partial charge in [-0.05, 0) is 31.9 Å². The molecule has 1 aliphatic heterocycles. The Kier molecular flexibility index (Phi) is 6.05. The first-order chi connectivity index (χ1) is 14.5. The Morgan fingerprint density at radius 2 is 2.07 bits per heavy atom. The van der Waals surface area contributed by atoms with Crippen LogP contribution in [0.2, 0.25) is 0 Å². The van der Waals surface area contributed by atoms with Crippen molar-refractivity contribution in [1.82, 2.24) is 10.2 Å². The first-order valence-electron chi connectivity index (χ1n) is 9.97. The van der Waals surface area contributed by atoms with E-state index in [0.717, 1.165) is 12.8 Å². The predicted molar refractivity (Wildman–Crippen MR) is 118 cm³/mol. The number of carbonyl (C=O) groups excluding carboxylic acids is 3. The van der Waals surface area contributed by atoms with Crippen molar-refractivity contribution in [1.29, 1.82) is 0 Å². The Morgan fingerprint density at radius 3 is 2.80 bits per heavy atom. The van der Waals surface area contributed by atoms with Crippen LogP contribution in [0.25, 0.3) is 0 Å². The summed E-state index contributed by atoms with van der Waals surface area (Å²) in [5, 5.41) is 11.8. The van der Waals surface area contributed by atoms with Crippen LogP contribution in [-0.4, -0.2) is 45.8 Å². The van der Waals surface area contributed by atoms with E-state index < -0.39 is 0 Å². The van der Waals surface area contributed by atoms with Gasteiger partial charge in [-0.2, -0.15) is 0 Å². The van der Waals surface area contributed by atoms with Gasteiger partial charge in [0.2, 0.25) is 22.9 Å². The van der Waals surface area contributed by atoms with Crippen molar-refractivity contribution in [2.24, 2.45) is 0 Å². The summed E-state index contributed by atoms with van der Waals surface area (Å²) in [7, 11) is 0. The van der Waals surface area contributed by atoms with Gasteiger partial charge in [0.05, 0.1) is 17.1 Å². The molecule has 1 fully saturated rings. The lowest BCUT2D eigenvalue weighted by Gasteiger charge is -2.27. The molecule has 1 aliphatic carbocycles. The number of nitrogens with zero attached hydrogens (tertiary/aromatic N) is 4. The highest BCUT2D eigenvalue weighted by atomic mass is 32.2. The Labute approximate surface area is 183 Å². The highest BCUT2D eigenvalue weighted by molar-refractivity contribution is 8.01. The van der Waals surface area contributed by atoms with Crippen molar-refractivity contribution >= 4 is 57.3 Å². The Balaban J connectivity index is 1.47. The van der Waals surface area contributed by atoms with Crippen LogP contribution in [-0.2, 0) is 14.4 Å². The van der Waals surface area contributed by atoms with Crippen LogP contribution in [0.4, 0.5) is 16.5 Å². The summed E-state index contributed by atoms with van der Waals surface area (Å²) < 4.78 is 0.651. The molecule has 0 bridgehead atoms. The second kappa shape index (κ2) is 8.73. The number of carbonyl (C=O) groups is 3. The van der Waals surface area contributed by atoms with Crippen LogP contribution in [0.5, 0.6) is 0 Å². The third-order valence-electron chi connectivity index (χ3n) is 5.03. The van der Waals surface area contributed by atoms with Crippen LogP contribution >= 0.6 is 23.1 Å². The molecule has 0 saturated heterocycles. The van der Waals surface area contributed by atoms with Gasteiger partial charge in [-0.1, -0.05) is 42.2 Å². The summed E-state index contributed by atoms with van der Waals surface area (Å²) in [6, 6.07) is 7.30. The molecule has 0 spiro atoms. The summed E-state index contributed by atoms with van der Waals surface area (Å²) in [6.45, 7) is 3.71. The number of rotatable bonds is 6. The Hall–Kier alpha value is -2.46. The molecule has 2 aromatic rings. The molecule has 1 saturated carbocycles. The SMILES string of the molecule is CCC(=O)N(c1nnc(SCC(=O)N2c3ccccc3NC(=O)CC2C)s1)C1CC1. The van der Waals surface area contributed by atoms with E-state index in [4.69, 9.17) is 0 Å². The van der Waals surface area contributed by atoms with Crippen molar-refractivity contribution in [3.05, 3.63) is 24.3 Å². The molecular formula is C20H23N5O3S2. The number of benzene rings is 1. The minimum Gasteiger partial charge on any atom is -0.324 e. The maximum absolute atomic E-state index is 13.1. The zero-order chi connectivity index (χ0) is 21.3. The van der Waals surface area contributed by atoms with Gasteiger partial charge in [-0.3, -0.25) is 19.3 Å². The van der Waals surface area contributed by atoms with Gasteiger partial charge in [0.15, 0.2) is 4.34 Å². The molecule has 2 aliphatic rings. The number of hydrogen-bond acceptors (Lipinski definition) is 7. The van der Waals surface area contributed by atoms with E-state index in [1.54, 1.807) is 15.9 Å². The average molecular weight is 446 g/mol. The number of nitrogens with one attached hydrogen (secondary N) is 1. The Morgan fingerprint density at radius 1 is 1.30 bits per heavy atom. The first kappa shape index (κ1) is 20.8. The van der Waals surface area contributed by atoms with Gasteiger partial charge in [0.1, 0.15) is 0 Å². The molecule has 0 radical (unpaired) electrons. The molecule has 4 rings (SSSR count). The van der Waals surface area contributed by atoms with E-state index in [2.05, 4.69) is 15.5 Å². The summed E-state index contributed by atoms with van der Waals surface area (Å²) in [6.07, 6.45) is 2.65. The number of aromatic nitrogens is 2. The maximum Gasteiger partial charge on any atom is 0.237 e. The highest BCUT2D eigenvalue weighted by Crippen LogP contribution is 2.37. The van der Waals surface area contributed by atoms with Crippen LogP contribution in [0.15, 0.2) is 28.6 Å². The zero-order valence-electron chi connectivity index (χ0n) is 16.8. The molecule has 3 amide bonds. The number of amides is 3. The third-order valence-corrected chi connectivity index (χ3v) is 7.07. The molecule has 8 nitrogen and oxygen atoms in total. The topological polar surface area (TPSA) is 95.5 Å². The van der Waals surface area contributed by atoms with Gasteiger partial charge in [0.25, 0.3) is 0 Å². The molecule has 2 heterocycles. The van der Waals surface area contributed by atoms with E-state index in [-0.39, 0.29) is 42.0 Å². The monoisotopic (exact) mass is 445 g/mol. The lowest BCUT2D eigenvalue weighted by atomic mass is 10.2. The molecule has 158 valence electrons. The van der Waals surface area contributed by atoms with E-state index in [1.165, 1.54) is 23.1 Å². The minimum atomic E-state index is -0.251. The molecule has 1 aromatic heterocycles. The van der Waals surface area contributed by atoms with Crippen LogP contribution < -0.4 is 15.1 Å². The van der Waals surface area contributed by atoms with Crippen molar-refractivity contribution in [2.75, 3.05) is 20.9 Å². The summed E-state index contributed by atoms with van der Waals surface area (Å²) in [4.78, 5) is 40.9. The number of thioether (sulfide) groups is 1. The highest BCUT2D eigenvalue weighted by Gasteiger charge is 2.35. The fraction of sp³-hybridized carbons (Fsp3) is 0.450. The maximum atomic E-state index is 13.1. The van der Waals surface area contributed by atoms with Gasteiger partial charge in [0, 0.05) is 24.9 Å². The van der Waals surface area contributed by atoms with Gasteiger partial charge >= 0.3 is 0 Å². The second-order valence-corrected chi connectivity index (χ2v) is 9.55. The average Bonchev–Trinajstić information content (AvgIpc) is 3.46. The lowest BCUT2D eigenvalue weighted by molar-refractivity contribution is -0.119. The number of hydrogen-bond donors (Lipinski definition) is 1. The van der Waals surface area contributed by atoms with E-state index >= 15 is 0 Å². The molecular weight excluding hydrogens is 422 g/mol. The van der Waals surface area contributed by atoms with Crippen molar-refractivity contribution < 1.29 is 14.4 Å². The summed E-state index contributed by atoms with van der Waals surface area (Å²) >= 11 is 2.65. The third kappa shape index (κ3) is 4.34. The fourth-order valence-electron chi connectivity index (χ4n) is 3.49. The first-order valence-corrected chi connectivity index (χ1v) is 11.8. The number of para-hydroxylation sites is 2. The number of anilines is 3. The molecule has 10 heteroatoms. The number of fused-ring (bicyclic) bond motifs is 1. The molecule has 1 N–H and O–H groups in total. The van der Waals surface area contributed by atoms with Crippen molar-refractivity contribution in [2.45, 2.75) is 56.0 Å². The van der Waals surface area contributed by atoms with Gasteiger partial charge < -0.3 is 10.2 Å². The predicted octanol–water partition coefficient (Wildman–Crippen LogP) is 3.30. The van der Waals surface area contributed by atoms with Gasteiger partial charge in [-0.15, -0.1) is 10.2 Å². The molecule has 30 heavy (non-hydrogen) atoms. The zero-order valence-corrected chi connectivity index (χ0v) is 18.5. The molecule has 1 aromatic carbocycles. The smallest absolute Gasteiger partial charge is 0.237 e. The van der Waals surface area contributed by atoms with E-state index in [0.29, 0.717) is 27.3 Å². The molecule has 1 unspecified atom stereocenters. The lowest BCUT2D eigenvalue weighted by Crippen LogP contribution is -2.40. The second-order valence-electron chi connectivity index (χ2n) is 7.37. The Bertz CT molecular complexity index is 975.